The molecule has 0 N–H and O–H groups in total. The van der Waals surface area contributed by atoms with Crippen LogP contribution in [0.2, 0.25) is 0 Å². The minimum atomic E-state index is -0.452. The minimum absolute atomic E-state index is 0.234. The Labute approximate surface area is 193 Å². The zero-order valence-electron chi connectivity index (χ0n) is 16.9. The van der Waals surface area contributed by atoms with Crippen molar-refractivity contribution in [1.29, 1.82) is 0 Å². The molecule has 1 aromatic carbocycles. The summed E-state index contributed by atoms with van der Waals surface area (Å²) in [5.41, 5.74) is 1.60. The summed E-state index contributed by atoms with van der Waals surface area (Å²) in [6, 6.07) is 10.8. The van der Waals surface area contributed by atoms with Crippen molar-refractivity contribution in [3.63, 3.8) is 0 Å². The third kappa shape index (κ3) is 5.84. The van der Waals surface area contributed by atoms with Gasteiger partial charge in [-0.2, -0.15) is 35.3 Å². The summed E-state index contributed by atoms with van der Waals surface area (Å²) < 4.78 is 10.8. The van der Waals surface area contributed by atoms with E-state index in [1.54, 1.807) is 35.7 Å². The Morgan fingerprint density at radius 1 is 0.581 bits per heavy atom. The number of hydrogen-bond donors (Lipinski definition) is 0. The first-order valence-corrected chi connectivity index (χ1v) is 13.5. The van der Waals surface area contributed by atoms with Gasteiger partial charge >= 0.3 is 11.9 Å². The molecule has 4 rings (SSSR count). The van der Waals surface area contributed by atoms with E-state index in [9.17, 15) is 9.59 Å². The van der Waals surface area contributed by atoms with Crippen LogP contribution < -0.4 is 0 Å². The largest absolute Gasteiger partial charge is 0.460 e. The first kappa shape index (κ1) is 22.2. The molecule has 9 heteroatoms. The van der Waals surface area contributed by atoms with Crippen LogP contribution in [0, 0.1) is 0 Å². The van der Waals surface area contributed by atoms with Gasteiger partial charge in [0.15, 0.2) is 0 Å². The highest BCUT2D eigenvalue weighted by atomic mass is 32.2. The Hall–Kier alpha value is -1.97. The molecule has 0 atom stereocenters. The van der Waals surface area contributed by atoms with Crippen molar-refractivity contribution in [3.8, 4) is 0 Å². The van der Waals surface area contributed by atoms with E-state index in [4.69, 9.17) is 9.47 Å². The number of fused-ring (bicyclic) bond motifs is 2. The molecule has 4 bridgehead atoms. The molecule has 0 radical (unpaired) electrons. The van der Waals surface area contributed by atoms with E-state index < -0.39 is 11.9 Å². The standard InChI is InChI=1S/C22H22N2O4S3/c25-21-17-5-3-15-1-2-16-4-6-18(24-20(16)19(15)23-17)22(26)28-8-10-30-12-14-31-13-11-29-9-7-27-21/h1-6H,7-14H2. The number of ether oxygens (including phenoxy) is 2. The van der Waals surface area contributed by atoms with Crippen LogP contribution in [0.5, 0.6) is 0 Å². The first-order chi connectivity index (χ1) is 15.2. The smallest absolute Gasteiger partial charge is 0.356 e. The van der Waals surface area contributed by atoms with Crippen LogP contribution in [0.15, 0.2) is 36.4 Å². The van der Waals surface area contributed by atoms with E-state index in [1.807, 2.05) is 36.0 Å². The van der Waals surface area contributed by atoms with E-state index in [1.165, 1.54) is 0 Å². The molecule has 0 unspecified atom stereocenters. The molecule has 0 amide bonds. The van der Waals surface area contributed by atoms with Crippen molar-refractivity contribution < 1.29 is 19.1 Å². The van der Waals surface area contributed by atoms with Crippen LogP contribution in [0.4, 0.5) is 0 Å². The molecule has 0 saturated carbocycles. The van der Waals surface area contributed by atoms with Crippen LogP contribution in [0.3, 0.4) is 0 Å². The Kier molecular flexibility index (Phi) is 7.93. The Morgan fingerprint density at radius 2 is 0.968 bits per heavy atom. The van der Waals surface area contributed by atoms with Crippen molar-refractivity contribution in [2.24, 2.45) is 0 Å². The maximum atomic E-state index is 12.5. The predicted molar refractivity (Wildman–Crippen MR) is 130 cm³/mol. The lowest BCUT2D eigenvalue weighted by molar-refractivity contribution is 0.0514. The molecule has 0 aliphatic carbocycles. The molecule has 1 aliphatic heterocycles. The van der Waals surface area contributed by atoms with Gasteiger partial charge in [0.1, 0.15) is 24.6 Å². The molecule has 0 spiro atoms. The van der Waals surface area contributed by atoms with Gasteiger partial charge in [-0.3, -0.25) is 0 Å². The number of aromatic nitrogens is 2. The Morgan fingerprint density at radius 3 is 1.42 bits per heavy atom. The van der Waals surface area contributed by atoms with Gasteiger partial charge in [0.2, 0.25) is 0 Å². The number of carbonyl (C=O) groups is 2. The molecule has 3 aromatic rings. The van der Waals surface area contributed by atoms with E-state index in [-0.39, 0.29) is 11.4 Å². The summed E-state index contributed by atoms with van der Waals surface area (Å²) in [6.45, 7) is 0.709. The topological polar surface area (TPSA) is 78.4 Å². The van der Waals surface area contributed by atoms with Crippen LogP contribution in [-0.4, -0.2) is 69.6 Å². The van der Waals surface area contributed by atoms with Crippen LogP contribution in [0.1, 0.15) is 21.0 Å². The Bertz CT molecular complexity index is 1010. The first-order valence-electron chi connectivity index (χ1n) is 10.0. The fourth-order valence-corrected chi connectivity index (χ4v) is 5.97. The van der Waals surface area contributed by atoms with Crippen molar-refractivity contribution >= 4 is 69.0 Å². The monoisotopic (exact) mass is 474 g/mol. The summed E-state index contributed by atoms with van der Waals surface area (Å²) in [6.07, 6.45) is 0. The fraction of sp³-hybridized carbons (Fsp3) is 0.364. The molecule has 0 saturated heterocycles. The molecular formula is C22H22N2O4S3. The molecule has 2 aromatic heterocycles. The summed E-state index contributed by atoms with van der Waals surface area (Å²) in [4.78, 5) is 34.0. The number of rotatable bonds is 0. The number of pyridine rings is 2. The molecule has 1 aliphatic rings. The van der Waals surface area contributed by atoms with Crippen molar-refractivity contribution in [3.05, 3.63) is 47.8 Å². The third-order valence-corrected chi connectivity index (χ3v) is 8.00. The lowest BCUT2D eigenvalue weighted by Gasteiger charge is -2.08. The quantitative estimate of drug-likeness (QED) is 0.350. The number of benzene rings is 1. The molecule has 162 valence electrons. The lowest BCUT2D eigenvalue weighted by atomic mass is 10.1. The third-order valence-electron chi connectivity index (χ3n) is 4.60. The second-order valence-electron chi connectivity index (χ2n) is 6.71. The predicted octanol–water partition coefficient (Wildman–Crippen LogP) is 4.31. The molecule has 0 fully saturated rings. The fourth-order valence-electron chi connectivity index (χ4n) is 3.07. The van der Waals surface area contributed by atoms with Gasteiger partial charge in [-0.05, 0) is 12.1 Å². The highest BCUT2D eigenvalue weighted by Crippen LogP contribution is 2.23. The maximum Gasteiger partial charge on any atom is 0.356 e. The highest BCUT2D eigenvalue weighted by molar-refractivity contribution is 8.04. The van der Waals surface area contributed by atoms with E-state index >= 15 is 0 Å². The van der Waals surface area contributed by atoms with Gasteiger partial charge in [-0.15, -0.1) is 0 Å². The summed E-state index contributed by atoms with van der Waals surface area (Å²) >= 11 is 5.47. The SMILES string of the molecule is O=C1OCCSCCSCCSCCOC(=O)c2ccc3ccc4ccc1nc4c3n2. The average Bonchev–Trinajstić information content (AvgIpc) is 2.80. The zero-order valence-corrected chi connectivity index (χ0v) is 19.3. The summed E-state index contributed by atoms with van der Waals surface area (Å²) in [5, 5.41) is 1.68. The number of cyclic esters (lactones) is 2. The Balaban J connectivity index is 1.63. The average molecular weight is 475 g/mol. The van der Waals surface area contributed by atoms with Crippen LogP contribution in [0.25, 0.3) is 21.8 Å². The molecule has 3 heterocycles. The molecule has 31 heavy (non-hydrogen) atoms. The second-order valence-corrected chi connectivity index (χ2v) is 10.4. The van der Waals surface area contributed by atoms with Gasteiger partial charge in [0.25, 0.3) is 0 Å². The van der Waals surface area contributed by atoms with Gasteiger partial charge in [-0.1, -0.05) is 24.3 Å². The van der Waals surface area contributed by atoms with Gasteiger partial charge in [0.05, 0.1) is 11.0 Å². The number of esters is 2. The summed E-state index contributed by atoms with van der Waals surface area (Å²) in [7, 11) is 0. The number of nitrogens with zero attached hydrogens (tertiary/aromatic N) is 2. The molecule has 6 nitrogen and oxygen atoms in total. The number of carbonyl (C=O) groups excluding carboxylic acids is 2. The number of hydrogen-bond acceptors (Lipinski definition) is 9. The maximum absolute atomic E-state index is 12.5. The highest BCUT2D eigenvalue weighted by Gasteiger charge is 2.15. The van der Waals surface area contributed by atoms with Gasteiger partial charge in [-0.25, -0.2) is 19.6 Å². The van der Waals surface area contributed by atoms with Crippen molar-refractivity contribution in [2.45, 2.75) is 0 Å². The van der Waals surface area contributed by atoms with Crippen LogP contribution in [-0.2, 0) is 9.47 Å². The minimum Gasteiger partial charge on any atom is -0.460 e. The number of thioether (sulfide) groups is 3. The van der Waals surface area contributed by atoms with Crippen molar-refractivity contribution in [1.82, 2.24) is 9.97 Å². The van der Waals surface area contributed by atoms with Crippen molar-refractivity contribution in [2.75, 3.05) is 47.7 Å². The second kappa shape index (κ2) is 11.1. The zero-order chi connectivity index (χ0) is 21.5. The normalized spacial score (nSPS) is 17.5. The van der Waals surface area contributed by atoms with Gasteiger partial charge < -0.3 is 9.47 Å². The van der Waals surface area contributed by atoms with E-state index in [0.717, 1.165) is 45.3 Å². The van der Waals surface area contributed by atoms with Crippen LogP contribution >= 0.6 is 35.3 Å². The van der Waals surface area contributed by atoms with E-state index in [2.05, 4.69) is 9.97 Å². The lowest BCUT2D eigenvalue weighted by Crippen LogP contribution is -2.11. The summed E-state index contributed by atoms with van der Waals surface area (Å²) in [5.74, 6) is 4.81. The molecular weight excluding hydrogens is 452 g/mol. The van der Waals surface area contributed by atoms with Gasteiger partial charge in [0, 0.05) is 45.3 Å². The van der Waals surface area contributed by atoms with E-state index in [0.29, 0.717) is 24.2 Å².